The summed E-state index contributed by atoms with van der Waals surface area (Å²) in [6.45, 7) is 8.07. The van der Waals surface area contributed by atoms with Gasteiger partial charge in [0.2, 0.25) is 0 Å². The number of rotatable bonds is 3. The normalized spacial score (nSPS) is 20.6. The average Bonchev–Trinajstić information content (AvgIpc) is 2.56. The minimum atomic E-state index is 0.462. The Morgan fingerprint density at radius 1 is 1.14 bits per heavy atom. The fourth-order valence-electron chi connectivity index (χ4n) is 3.03. The van der Waals surface area contributed by atoms with E-state index >= 15 is 0 Å². The summed E-state index contributed by atoms with van der Waals surface area (Å²) in [7, 11) is 0. The molecule has 0 spiro atoms. The largest absolute Gasteiger partial charge is 0.355 e. The predicted octanol–water partition coefficient (Wildman–Crippen LogP) is 2.13. The zero-order valence-electron chi connectivity index (χ0n) is 12.6. The van der Waals surface area contributed by atoms with E-state index in [1.165, 1.54) is 0 Å². The first-order chi connectivity index (χ1) is 10.3. The SMILES string of the molecule is CC1CCN(c2nc(N3CCNCC3)ccc2N=O)CC1. The van der Waals surface area contributed by atoms with Crippen LogP contribution in [-0.4, -0.2) is 44.3 Å². The lowest BCUT2D eigenvalue weighted by Crippen LogP contribution is -2.44. The number of hydrogen-bond donors (Lipinski definition) is 1. The summed E-state index contributed by atoms with van der Waals surface area (Å²) in [6, 6.07) is 3.73. The van der Waals surface area contributed by atoms with Crippen molar-refractivity contribution in [2.75, 3.05) is 49.1 Å². The minimum Gasteiger partial charge on any atom is -0.355 e. The molecule has 2 aliphatic rings. The van der Waals surface area contributed by atoms with E-state index in [4.69, 9.17) is 4.98 Å². The molecule has 0 atom stereocenters. The van der Waals surface area contributed by atoms with E-state index in [-0.39, 0.29) is 0 Å². The van der Waals surface area contributed by atoms with Crippen LogP contribution in [0.5, 0.6) is 0 Å². The quantitative estimate of drug-likeness (QED) is 0.864. The second-order valence-electron chi connectivity index (χ2n) is 6.01. The second kappa shape index (κ2) is 6.39. The van der Waals surface area contributed by atoms with Crippen molar-refractivity contribution in [3.05, 3.63) is 17.0 Å². The molecule has 0 aliphatic carbocycles. The first-order valence-electron chi connectivity index (χ1n) is 7.83. The molecule has 1 aromatic rings. The summed E-state index contributed by atoms with van der Waals surface area (Å²) in [5.41, 5.74) is 0.462. The maximum Gasteiger partial charge on any atom is 0.160 e. The average molecular weight is 289 g/mol. The molecule has 2 fully saturated rings. The summed E-state index contributed by atoms with van der Waals surface area (Å²) >= 11 is 0. The van der Waals surface area contributed by atoms with Gasteiger partial charge in [0.05, 0.1) is 0 Å². The molecule has 6 heteroatoms. The van der Waals surface area contributed by atoms with Crippen LogP contribution in [0.3, 0.4) is 0 Å². The van der Waals surface area contributed by atoms with E-state index < -0.39 is 0 Å². The summed E-state index contributed by atoms with van der Waals surface area (Å²) in [5, 5.41) is 6.51. The maximum atomic E-state index is 11.1. The third kappa shape index (κ3) is 3.15. The summed E-state index contributed by atoms with van der Waals surface area (Å²) in [6.07, 6.45) is 2.30. The lowest BCUT2D eigenvalue weighted by Gasteiger charge is -2.33. The highest BCUT2D eigenvalue weighted by Crippen LogP contribution is 2.32. The molecule has 1 aromatic heterocycles. The fraction of sp³-hybridized carbons (Fsp3) is 0.667. The van der Waals surface area contributed by atoms with Gasteiger partial charge in [0.15, 0.2) is 11.5 Å². The van der Waals surface area contributed by atoms with Gasteiger partial charge >= 0.3 is 0 Å². The number of hydrogen-bond acceptors (Lipinski definition) is 6. The Hall–Kier alpha value is -1.69. The Morgan fingerprint density at radius 2 is 1.86 bits per heavy atom. The predicted molar refractivity (Wildman–Crippen MR) is 85.4 cm³/mol. The van der Waals surface area contributed by atoms with Crippen molar-refractivity contribution in [2.24, 2.45) is 11.1 Å². The van der Waals surface area contributed by atoms with Gasteiger partial charge in [-0.3, -0.25) is 0 Å². The smallest absolute Gasteiger partial charge is 0.160 e. The molecule has 114 valence electrons. The van der Waals surface area contributed by atoms with Gasteiger partial charge in [-0.05, 0) is 36.1 Å². The van der Waals surface area contributed by atoms with Gasteiger partial charge in [-0.15, -0.1) is 4.91 Å². The number of piperazine rings is 1. The molecule has 0 saturated carbocycles. The number of nitrogens with zero attached hydrogens (tertiary/aromatic N) is 4. The fourth-order valence-corrected chi connectivity index (χ4v) is 3.03. The Labute approximate surface area is 125 Å². The molecule has 0 radical (unpaired) electrons. The molecule has 0 aromatic carbocycles. The van der Waals surface area contributed by atoms with Gasteiger partial charge < -0.3 is 15.1 Å². The number of anilines is 2. The lowest BCUT2D eigenvalue weighted by molar-refractivity contribution is 0.436. The van der Waals surface area contributed by atoms with E-state index in [2.05, 4.69) is 27.2 Å². The molecule has 2 saturated heterocycles. The van der Waals surface area contributed by atoms with Crippen LogP contribution in [0.1, 0.15) is 19.8 Å². The number of nitroso groups, excluding NO2 is 1. The Balaban J connectivity index is 1.84. The van der Waals surface area contributed by atoms with E-state index in [9.17, 15) is 4.91 Å². The van der Waals surface area contributed by atoms with Crippen molar-refractivity contribution in [1.29, 1.82) is 0 Å². The highest BCUT2D eigenvalue weighted by Gasteiger charge is 2.22. The van der Waals surface area contributed by atoms with Crippen molar-refractivity contribution >= 4 is 17.3 Å². The monoisotopic (exact) mass is 289 g/mol. The Kier molecular flexibility index (Phi) is 4.34. The maximum absolute atomic E-state index is 11.1. The van der Waals surface area contributed by atoms with Crippen molar-refractivity contribution < 1.29 is 0 Å². The third-order valence-corrected chi connectivity index (χ3v) is 4.46. The van der Waals surface area contributed by atoms with E-state index in [0.29, 0.717) is 5.69 Å². The minimum absolute atomic E-state index is 0.462. The Bertz CT molecular complexity index is 493. The first-order valence-corrected chi connectivity index (χ1v) is 7.83. The molecule has 3 rings (SSSR count). The van der Waals surface area contributed by atoms with E-state index in [0.717, 1.165) is 69.7 Å². The topological polar surface area (TPSA) is 60.8 Å². The highest BCUT2D eigenvalue weighted by molar-refractivity contribution is 5.65. The lowest BCUT2D eigenvalue weighted by atomic mass is 9.99. The molecule has 0 unspecified atom stereocenters. The van der Waals surface area contributed by atoms with Gasteiger partial charge in [0.25, 0.3) is 0 Å². The molecule has 6 nitrogen and oxygen atoms in total. The van der Waals surface area contributed by atoms with Crippen LogP contribution < -0.4 is 15.1 Å². The molecule has 1 N–H and O–H groups in total. The Morgan fingerprint density at radius 3 is 2.52 bits per heavy atom. The number of piperidine rings is 1. The van der Waals surface area contributed by atoms with Crippen LogP contribution in [0.4, 0.5) is 17.3 Å². The van der Waals surface area contributed by atoms with Crippen LogP contribution >= 0.6 is 0 Å². The van der Waals surface area contributed by atoms with Gasteiger partial charge in [-0.2, -0.15) is 0 Å². The number of pyridine rings is 1. The summed E-state index contributed by atoms with van der Waals surface area (Å²) < 4.78 is 0. The summed E-state index contributed by atoms with van der Waals surface area (Å²) in [5.74, 6) is 2.47. The van der Waals surface area contributed by atoms with Crippen molar-refractivity contribution in [3.8, 4) is 0 Å². The van der Waals surface area contributed by atoms with Gasteiger partial charge in [-0.25, -0.2) is 4.98 Å². The van der Waals surface area contributed by atoms with Crippen molar-refractivity contribution in [2.45, 2.75) is 19.8 Å². The van der Waals surface area contributed by atoms with Crippen molar-refractivity contribution in [3.63, 3.8) is 0 Å². The zero-order valence-corrected chi connectivity index (χ0v) is 12.6. The zero-order chi connectivity index (χ0) is 14.7. The van der Waals surface area contributed by atoms with Crippen LogP contribution in [0.25, 0.3) is 0 Å². The van der Waals surface area contributed by atoms with Gasteiger partial charge in [0, 0.05) is 39.3 Å². The molecule has 0 amide bonds. The molecule has 0 bridgehead atoms. The molecular formula is C15H23N5O. The van der Waals surface area contributed by atoms with Gasteiger partial charge in [0.1, 0.15) is 5.82 Å². The van der Waals surface area contributed by atoms with Crippen LogP contribution in [-0.2, 0) is 0 Å². The van der Waals surface area contributed by atoms with Crippen LogP contribution in [0.15, 0.2) is 17.3 Å². The highest BCUT2D eigenvalue weighted by atomic mass is 16.3. The molecule has 21 heavy (non-hydrogen) atoms. The van der Waals surface area contributed by atoms with Crippen LogP contribution in [0, 0.1) is 10.8 Å². The molecule has 3 heterocycles. The summed E-state index contributed by atoms with van der Waals surface area (Å²) in [4.78, 5) is 20.3. The van der Waals surface area contributed by atoms with E-state index in [1.54, 1.807) is 0 Å². The second-order valence-corrected chi connectivity index (χ2v) is 6.01. The first kappa shape index (κ1) is 14.3. The molecular weight excluding hydrogens is 266 g/mol. The van der Waals surface area contributed by atoms with Gasteiger partial charge in [-0.1, -0.05) is 6.92 Å². The van der Waals surface area contributed by atoms with Crippen molar-refractivity contribution in [1.82, 2.24) is 10.3 Å². The number of aromatic nitrogens is 1. The third-order valence-electron chi connectivity index (χ3n) is 4.46. The van der Waals surface area contributed by atoms with E-state index in [1.807, 2.05) is 12.1 Å². The van der Waals surface area contributed by atoms with Crippen LogP contribution in [0.2, 0.25) is 0 Å². The molecule has 2 aliphatic heterocycles. The number of nitrogens with one attached hydrogen (secondary N) is 1. The standard InChI is InChI=1S/C15H23N5O/c1-12-4-8-20(9-5-12)15-13(18-21)2-3-14(17-15)19-10-6-16-7-11-19/h2-3,12,16H,4-11H2,1H3.